The van der Waals surface area contributed by atoms with Gasteiger partial charge in [0.05, 0.1) is 36.1 Å². The van der Waals surface area contributed by atoms with Crippen LogP contribution in [-0.4, -0.2) is 53.1 Å². The van der Waals surface area contributed by atoms with Crippen LogP contribution in [0.1, 0.15) is 50.5 Å². The van der Waals surface area contributed by atoms with Crippen molar-refractivity contribution >= 4 is 17.8 Å². The molecule has 36 heavy (non-hydrogen) atoms. The van der Waals surface area contributed by atoms with Gasteiger partial charge in [0, 0.05) is 37.0 Å². The number of aromatic nitrogens is 1. The Labute approximate surface area is 209 Å². The van der Waals surface area contributed by atoms with Crippen molar-refractivity contribution in [3.05, 3.63) is 59.3 Å². The Hall–Kier alpha value is -2.94. The summed E-state index contributed by atoms with van der Waals surface area (Å²) >= 11 is 0. The van der Waals surface area contributed by atoms with Crippen LogP contribution in [0.25, 0.3) is 0 Å². The highest BCUT2D eigenvalue weighted by atomic mass is 19.3. The van der Waals surface area contributed by atoms with Crippen LogP contribution in [0, 0.1) is 11.8 Å². The van der Waals surface area contributed by atoms with E-state index in [1.165, 1.54) is 18.4 Å². The molecule has 0 bridgehead atoms. The van der Waals surface area contributed by atoms with E-state index in [9.17, 15) is 18.0 Å². The third-order valence-corrected chi connectivity index (χ3v) is 7.66. The molecule has 0 spiro atoms. The van der Waals surface area contributed by atoms with Crippen molar-refractivity contribution in [2.75, 3.05) is 18.4 Å². The van der Waals surface area contributed by atoms with Crippen LogP contribution in [0.2, 0.25) is 0 Å². The zero-order valence-corrected chi connectivity index (χ0v) is 20.3. The minimum absolute atomic E-state index is 0.114. The summed E-state index contributed by atoms with van der Waals surface area (Å²) in [6.45, 7) is 2.24. The van der Waals surface area contributed by atoms with Crippen molar-refractivity contribution in [2.24, 2.45) is 22.6 Å². The number of dihydropyridines is 1. The van der Waals surface area contributed by atoms with Gasteiger partial charge in [-0.3, -0.25) is 14.8 Å². The highest BCUT2D eigenvalue weighted by Gasteiger charge is 2.39. The summed E-state index contributed by atoms with van der Waals surface area (Å²) in [5.41, 5.74) is 8.67. The van der Waals surface area contributed by atoms with E-state index in [0.29, 0.717) is 35.8 Å². The maximum absolute atomic E-state index is 14.8. The summed E-state index contributed by atoms with van der Waals surface area (Å²) in [6, 6.07) is 1.28. The molecule has 2 aliphatic heterocycles. The largest absolute Gasteiger partial charge is 0.365 e. The van der Waals surface area contributed by atoms with E-state index >= 15 is 0 Å². The number of allylic oxidation sites excluding steroid dienone is 3. The minimum atomic E-state index is -2.78. The first kappa shape index (κ1) is 24.7. The number of hydrogen-bond acceptors (Lipinski definition) is 5. The molecule has 1 amide bonds. The molecule has 3 N–H and O–H groups in total. The van der Waals surface area contributed by atoms with Crippen LogP contribution in [0.5, 0.6) is 0 Å². The number of alkyl halides is 2. The second-order valence-electron chi connectivity index (χ2n) is 10.6. The Balaban J connectivity index is 1.34. The zero-order valence-electron chi connectivity index (χ0n) is 20.3. The van der Waals surface area contributed by atoms with Crippen molar-refractivity contribution in [1.82, 2.24) is 9.88 Å². The number of nitrogens with two attached hydrogens (primary N) is 1. The summed E-state index contributed by atoms with van der Waals surface area (Å²) in [4.78, 5) is 23.6. The van der Waals surface area contributed by atoms with Gasteiger partial charge in [0.1, 0.15) is 5.83 Å². The quantitative estimate of drug-likeness (QED) is 0.628. The Morgan fingerprint density at radius 1 is 1.25 bits per heavy atom. The molecule has 2 aliphatic carbocycles. The Bertz CT molecular complexity index is 1130. The van der Waals surface area contributed by atoms with Gasteiger partial charge in [-0.15, -0.1) is 0 Å². The maximum Gasteiger partial charge on any atom is 0.265 e. The van der Waals surface area contributed by atoms with Gasteiger partial charge in [-0.05, 0) is 67.4 Å². The van der Waals surface area contributed by atoms with Crippen LogP contribution in [-0.2, 0) is 4.79 Å². The number of likely N-dealkylation sites (tertiary alicyclic amines) is 1. The molecule has 1 saturated carbocycles. The topological polar surface area (TPSA) is 83.6 Å². The highest BCUT2D eigenvalue weighted by Crippen LogP contribution is 2.39. The van der Waals surface area contributed by atoms with Crippen LogP contribution >= 0.6 is 0 Å². The van der Waals surface area contributed by atoms with Gasteiger partial charge in [0.15, 0.2) is 0 Å². The fourth-order valence-corrected chi connectivity index (χ4v) is 6.00. The van der Waals surface area contributed by atoms with Crippen molar-refractivity contribution < 1.29 is 18.0 Å². The van der Waals surface area contributed by atoms with Gasteiger partial charge in [0.2, 0.25) is 0 Å². The fourth-order valence-electron chi connectivity index (χ4n) is 6.00. The molecule has 5 atom stereocenters. The van der Waals surface area contributed by atoms with Crippen molar-refractivity contribution in [3.8, 4) is 0 Å². The number of anilines is 1. The lowest BCUT2D eigenvalue weighted by Gasteiger charge is -2.37. The molecule has 9 heteroatoms. The fraction of sp³-hybridized carbons (Fsp3) is 0.519. The zero-order chi connectivity index (χ0) is 25.4. The third-order valence-electron chi connectivity index (χ3n) is 7.66. The summed E-state index contributed by atoms with van der Waals surface area (Å²) in [7, 11) is 0. The van der Waals surface area contributed by atoms with Gasteiger partial charge >= 0.3 is 0 Å². The average molecular weight is 500 g/mol. The normalized spacial score (nSPS) is 31.6. The predicted octanol–water partition coefficient (Wildman–Crippen LogP) is 4.73. The minimum Gasteiger partial charge on any atom is -0.365 e. The predicted molar refractivity (Wildman–Crippen MR) is 133 cm³/mol. The lowest BCUT2D eigenvalue weighted by Crippen LogP contribution is -2.43. The lowest BCUT2D eigenvalue weighted by molar-refractivity contribution is -0.113. The molecule has 4 aliphatic rings. The van der Waals surface area contributed by atoms with Crippen LogP contribution in [0.15, 0.2) is 58.8 Å². The van der Waals surface area contributed by atoms with E-state index in [1.807, 2.05) is 6.07 Å². The first-order valence-electron chi connectivity index (χ1n) is 12.7. The first-order chi connectivity index (χ1) is 17.2. The SMILES string of the molecule is C[C@@H]1C[C@H](N)C[C@H](c2ccncc2NC(=O)C2=CC=C(F)C3C=C(N4CCCC(F)(F)C4)C=NC23)C1. The maximum atomic E-state index is 14.8. The molecular weight excluding hydrogens is 467 g/mol. The molecule has 192 valence electrons. The summed E-state index contributed by atoms with van der Waals surface area (Å²) in [5, 5.41) is 2.97. The number of piperidine rings is 1. The molecule has 3 heterocycles. The van der Waals surface area contributed by atoms with Gasteiger partial charge in [-0.1, -0.05) is 6.92 Å². The number of fused-ring (bicyclic) bond motifs is 1. The van der Waals surface area contributed by atoms with Crippen LogP contribution in [0.4, 0.5) is 18.9 Å². The number of hydrogen-bond donors (Lipinski definition) is 2. The highest BCUT2D eigenvalue weighted by molar-refractivity contribution is 6.06. The number of halogens is 3. The van der Waals surface area contributed by atoms with Gasteiger partial charge in [-0.25, -0.2) is 13.2 Å². The second-order valence-corrected chi connectivity index (χ2v) is 10.6. The number of nitrogens with zero attached hydrogens (tertiary/aromatic N) is 3. The van der Waals surface area contributed by atoms with Crippen LogP contribution < -0.4 is 11.1 Å². The summed E-state index contributed by atoms with van der Waals surface area (Å²) < 4.78 is 42.7. The van der Waals surface area contributed by atoms with E-state index in [2.05, 4.69) is 22.2 Å². The van der Waals surface area contributed by atoms with E-state index in [-0.39, 0.29) is 24.3 Å². The van der Waals surface area contributed by atoms with E-state index in [1.54, 1.807) is 23.4 Å². The molecule has 1 aromatic heterocycles. The number of pyridine rings is 1. The van der Waals surface area contributed by atoms with Crippen molar-refractivity contribution in [1.29, 1.82) is 0 Å². The number of nitrogens with one attached hydrogen (secondary N) is 1. The smallest absolute Gasteiger partial charge is 0.265 e. The van der Waals surface area contributed by atoms with Crippen molar-refractivity contribution in [2.45, 2.75) is 63.0 Å². The monoisotopic (exact) mass is 499 g/mol. The Morgan fingerprint density at radius 2 is 2.08 bits per heavy atom. The number of aliphatic imine (C=N–C) groups is 1. The van der Waals surface area contributed by atoms with Gasteiger partial charge in [-0.2, -0.15) is 0 Å². The van der Waals surface area contributed by atoms with Crippen molar-refractivity contribution in [3.63, 3.8) is 0 Å². The van der Waals surface area contributed by atoms with Crippen LogP contribution in [0.3, 0.4) is 0 Å². The summed E-state index contributed by atoms with van der Waals surface area (Å²) in [5.74, 6) is -3.71. The van der Waals surface area contributed by atoms with E-state index in [0.717, 1.165) is 24.8 Å². The number of amides is 1. The molecule has 1 saturated heterocycles. The first-order valence-corrected chi connectivity index (χ1v) is 12.7. The van der Waals surface area contributed by atoms with E-state index in [4.69, 9.17) is 5.73 Å². The standard InChI is InChI=1S/C27H32F3N5O/c1-16-9-17(11-18(31)10-16)20-5-7-32-14-24(20)34-26(36)21-3-4-23(28)22-12-19(13-33-25(21)22)35-8-2-6-27(29,30)15-35/h3-5,7,12-14,16-18,22,25H,2,6,8-11,15,31H2,1H3,(H,34,36)/t16-,17+,18-,22?,25?/m0/s1. The number of rotatable bonds is 4. The Morgan fingerprint density at radius 3 is 2.86 bits per heavy atom. The molecule has 6 nitrogen and oxygen atoms in total. The third kappa shape index (κ3) is 5.12. The molecular formula is C27H32F3N5O. The molecule has 0 aromatic carbocycles. The van der Waals surface area contributed by atoms with E-state index < -0.39 is 30.3 Å². The van der Waals surface area contributed by atoms with Gasteiger partial charge in [0.25, 0.3) is 11.8 Å². The number of carbonyl (C=O) groups excluding carboxylic acids is 1. The van der Waals surface area contributed by atoms with Gasteiger partial charge < -0.3 is 16.0 Å². The average Bonchev–Trinajstić information content (AvgIpc) is 2.83. The molecule has 1 aromatic rings. The molecule has 5 rings (SSSR count). The number of carbonyl (C=O) groups is 1. The summed E-state index contributed by atoms with van der Waals surface area (Å²) in [6.07, 6.45) is 12.2. The second kappa shape index (κ2) is 9.84. The Kier molecular flexibility index (Phi) is 6.76. The lowest BCUT2D eigenvalue weighted by atomic mass is 9.76. The molecule has 2 fully saturated rings. The molecule has 0 radical (unpaired) electrons. The molecule has 2 unspecified atom stereocenters.